The molecular formula is C11H12FNO3. The van der Waals surface area contributed by atoms with E-state index in [9.17, 15) is 14.0 Å². The Morgan fingerprint density at radius 3 is 2.62 bits per heavy atom. The van der Waals surface area contributed by atoms with Crippen LogP contribution in [0.2, 0.25) is 0 Å². The standard InChI is InChI=1S/C11H12FNO3/c1-7(14)13-10-4-2-8(6-9(10)12)3-5-11(15)16/h2,4,6H,3,5H2,1H3,(H,13,14)(H,15,16). The van der Waals surface area contributed by atoms with Crippen molar-refractivity contribution in [3.05, 3.63) is 29.6 Å². The van der Waals surface area contributed by atoms with E-state index in [-0.39, 0.29) is 24.4 Å². The Hall–Kier alpha value is -1.91. The number of carboxylic acid groups (broad SMARTS) is 1. The quantitative estimate of drug-likeness (QED) is 0.821. The molecule has 0 heterocycles. The van der Waals surface area contributed by atoms with E-state index in [0.717, 1.165) is 0 Å². The summed E-state index contributed by atoms with van der Waals surface area (Å²) < 4.78 is 13.4. The molecule has 0 bridgehead atoms. The summed E-state index contributed by atoms with van der Waals surface area (Å²) >= 11 is 0. The molecule has 5 heteroatoms. The van der Waals surface area contributed by atoms with Gasteiger partial charge in [-0.2, -0.15) is 0 Å². The molecule has 0 unspecified atom stereocenters. The van der Waals surface area contributed by atoms with Crippen molar-refractivity contribution in [3.8, 4) is 0 Å². The van der Waals surface area contributed by atoms with Crippen molar-refractivity contribution in [1.82, 2.24) is 0 Å². The zero-order valence-electron chi connectivity index (χ0n) is 8.79. The third-order valence-electron chi connectivity index (χ3n) is 1.97. The van der Waals surface area contributed by atoms with Crippen molar-refractivity contribution in [2.45, 2.75) is 19.8 Å². The van der Waals surface area contributed by atoms with Crippen LogP contribution in [-0.2, 0) is 16.0 Å². The fourth-order valence-electron chi connectivity index (χ4n) is 1.26. The number of aliphatic carboxylic acids is 1. The average Bonchev–Trinajstić information content (AvgIpc) is 2.18. The van der Waals surface area contributed by atoms with Crippen molar-refractivity contribution in [2.75, 3.05) is 5.32 Å². The molecule has 86 valence electrons. The molecule has 16 heavy (non-hydrogen) atoms. The first-order valence-electron chi connectivity index (χ1n) is 4.77. The van der Waals surface area contributed by atoms with Gasteiger partial charge < -0.3 is 10.4 Å². The van der Waals surface area contributed by atoms with Crippen molar-refractivity contribution >= 4 is 17.6 Å². The molecule has 0 saturated heterocycles. The van der Waals surface area contributed by atoms with Gasteiger partial charge in [0.2, 0.25) is 5.91 Å². The van der Waals surface area contributed by atoms with E-state index in [2.05, 4.69) is 5.32 Å². The van der Waals surface area contributed by atoms with Gasteiger partial charge in [-0.25, -0.2) is 4.39 Å². The number of amides is 1. The zero-order chi connectivity index (χ0) is 12.1. The van der Waals surface area contributed by atoms with Crippen LogP contribution in [-0.4, -0.2) is 17.0 Å². The molecule has 0 aliphatic rings. The highest BCUT2D eigenvalue weighted by Gasteiger charge is 2.06. The predicted octanol–water partition coefficient (Wildman–Crippen LogP) is 1.80. The van der Waals surface area contributed by atoms with Crippen LogP contribution in [0.3, 0.4) is 0 Å². The van der Waals surface area contributed by atoms with Crippen LogP contribution >= 0.6 is 0 Å². The van der Waals surface area contributed by atoms with Gasteiger partial charge in [0.05, 0.1) is 5.69 Å². The number of hydrogen-bond donors (Lipinski definition) is 2. The predicted molar refractivity (Wildman–Crippen MR) is 56.7 cm³/mol. The van der Waals surface area contributed by atoms with Gasteiger partial charge in [0.1, 0.15) is 5.82 Å². The van der Waals surface area contributed by atoms with Gasteiger partial charge in [0.15, 0.2) is 0 Å². The van der Waals surface area contributed by atoms with Crippen molar-refractivity contribution < 1.29 is 19.1 Å². The first-order chi connectivity index (χ1) is 7.49. The van der Waals surface area contributed by atoms with Gasteiger partial charge >= 0.3 is 5.97 Å². The monoisotopic (exact) mass is 225 g/mol. The first kappa shape index (κ1) is 12.2. The number of carboxylic acids is 1. The van der Waals surface area contributed by atoms with E-state index >= 15 is 0 Å². The van der Waals surface area contributed by atoms with Crippen LogP contribution in [0.5, 0.6) is 0 Å². The minimum Gasteiger partial charge on any atom is -0.481 e. The SMILES string of the molecule is CC(=O)Nc1ccc(CCC(=O)O)cc1F. The number of carbonyl (C=O) groups excluding carboxylic acids is 1. The third-order valence-corrected chi connectivity index (χ3v) is 1.97. The number of carbonyl (C=O) groups is 2. The van der Waals surface area contributed by atoms with E-state index in [0.29, 0.717) is 5.56 Å². The summed E-state index contributed by atoms with van der Waals surface area (Å²) in [6.45, 7) is 1.29. The van der Waals surface area contributed by atoms with E-state index < -0.39 is 11.8 Å². The molecule has 0 atom stereocenters. The highest BCUT2D eigenvalue weighted by molar-refractivity contribution is 5.88. The number of aryl methyl sites for hydroxylation is 1. The molecule has 0 aromatic heterocycles. The minimum absolute atomic E-state index is 0.0427. The fraction of sp³-hybridized carbons (Fsp3) is 0.273. The van der Waals surface area contributed by atoms with Crippen LogP contribution in [0.25, 0.3) is 0 Å². The van der Waals surface area contributed by atoms with E-state index in [4.69, 9.17) is 5.11 Å². The summed E-state index contributed by atoms with van der Waals surface area (Å²) in [6, 6.07) is 4.25. The number of hydrogen-bond acceptors (Lipinski definition) is 2. The Morgan fingerprint density at radius 1 is 1.44 bits per heavy atom. The Balaban J connectivity index is 2.74. The topological polar surface area (TPSA) is 66.4 Å². The second-order valence-electron chi connectivity index (χ2n) is 3.39. The van der Waals surface area contributed by atoms with Gasteiger partial charge in [-0.3, -0.25) is 9.59 Å². The molecule has 0 aliphatic carbocycles. The molecule has 0 aliphatic heterocycles. The summed E-state index contributed by atoms with van der Waals surface area (Å²) in [4.78, 5) is 21.0. The maximum absolute atomic E-state index is 13.4. The van der Waals surface area contributed by atoms with E-state index in [1.807, 2.05) is 0 Å². The highest BCUT2D eigenvalue weighted by Crippen LogP contribution is 2.16. The second kappa shape index (κ2) is 5.25. The van der Waals surface area contributed by atoms with Crippen molar-refractivity contribution in [2.24, 2.45) is 0 Å². The molecule has 1 rings (SSSR count). The van der Waals surface area contributed by atoms with Gasteiger partial charge in [0, 0.05) is 13.3 Å². The number of anilines is 1. The summed E-state index contributed by atoms with van der Waals surface area (Å²) in [5.74, 6) is -1.83. The third kappa shape index (κ3) is 3.68. The summed E-state index contributed by atoms with van der Waals surface area (Å²) in [7, 11) is 0. The number of nitrogens with one attached hydrogen (secondary N) is 1. The van der Waals surface area contributed by atoms with Crippen LogP contribution in [0.4, 0.5) is 10.1 Å². The van der Waals surface area contributed by atoms with E-state index in [1.165, 1.54) is 19.1 Å². The average molecular weight is 225 g/mol. The molecule has 1 amide bonds. The summed E-state index contributed by atoms with van der Waals surface area (Å²) in [6.07, 6.45) is 0.228. The molecule has 0 saturated carbocycles. The molecule has 4 nitrogen and oxygen atoms in total. The molecule has 1 aromatic rings. The molecular weight excluding hydrogens is 213 g/mol. The van der Waals surface area contributed by atoms with Gasteiger partial charge in [-0.15, -0.1) is 0 Å². The van der Waals surface area contributed by atoms with Gasteiger partial charge in [-0.1, -0.05) is 6.07 Å². The smallest absolute Gasteiger partial charge is 0.303 e. The Bertz CT molecular complexity index is 418. The minimum atomic E-state index is -0.925. The largest absolute Gasteiger partial charge is 0.481 e. The van der Waals surface area contributed by atoms with Gasteiger partial charge in [-0.05, 0) is 24.1 Å². The molecule has 1 aromatic carbocycles. The zero-order valence-corrected chi connectivity index (χ0v) is 8.79. The maximum Gasteiger partial charge on any atom is 0.303 e. The lowest BCUT2D eigenvalue weighted by Gasteiger charge is -2.05. The number of benzene rings is 1. The molecule has 2 N–H and O–H groups in total. The normalized spacial score (nSPS) is 9.88. The highest BCUT2D eigenvalue weighted by atomic mass is 19.1. The van der Waals surface area contributed by atoms with Crippen LogP contribution in [0.15, 0.2) is 18.2 Å². The molecule has 0 radical (unpaired) electrons. The summed E-state index contributed by atoms with van der Waals surface area (Å²) in [5, 5.41) is 10.8. The maximum atomic E-state index is 13.4. The molecule has 0 spiro atoms. The Morgan fingerprint density at radius 2 is 2.12 bits per heavy atom. The van der Waals surface area contributed by atoms with Crippen LogP contribution < -0.4 is 5.32 Å². The van der Waals surface area contributed by atoms with Gasteiger partial charge in [0.25, 0.3) is 0 Å². The van der Waals surface area contributed by atoms with E-state index in [1.54, 1.807) is 6.07 Å². The lowest BCUT2D eigenvalue weighted by Crippen LogP contribution is -2.07. The van der Waals surface area contributed by atoms with Crippen molar-refractivity contribution in [1.29, 1.82) is 0 Å². The number of rotatable bonds is 4. The first-order valence-corrected chi connectivity index (χ1v) is 4.77. The molecule has 0 fully saturated rings. The second-order valence-corrected chi connectivity index (χ2v) is 3.39. The van der Waals surface area contributed by atoms with Crippen LogP contribution in [0, 0.1) is 5.82 Å². The number of halogens is 1. The lowest BCUT2D eigenvalue weighted by atomic mass is 10.1. The van der Waals surface area contributed by atoms with Crippen molar-refractivity contribution in [3.63, 3.8) is 0 Å². The Kier molecular flexibility index (Phi) is 3.99. The Labute approximate surface area is 92.1 Å². The fourth-order valence-corrected chi connectivity index (χ4v) is 1.26. The lowest BCUT2D eigenvalue weighted by molar-refractivity contribution is -0.137. The summed E-state index contributed by atoms with van der Waals surface area (Å²) in [5.41, 5.74) is 0.695. The van der Waals surface area contributed by atoms with Crippen LogP contribution in [0.1, 0.15) is 18.9 Å².